The van der Waals surface area contributed by atoms with Crippen LogP contribution in [0.5, 0.6) is 28.7 Å². The fourth-order valence-corrected chi connectivity index (χ4v) is 3.92. The maximum atomic E-state index is 10.3. The molecule has 11 nitrogen and oxygen atoms in total. The smallest absolute Gasteiger partial charge is 0.187 e. The molecule has 2 aromatic rings. The molecule has 1 saturated heterocycles. The summed E-state index contributed by atoms with van der Waals surface area (Å²) in [5.41, 5.74) is 0.667. The van der Waals surface area contributed by atoms with Gasteiger partial charge in [-0.2, -0.15) is 0 Å². The summed E-state index contributed by atoms with van der Waals surface area (Å²) >= 11 is 0. The van der Waals surface area contributed by atoms with E-state index in [9.17, 15) is 40.9 Å². The number of aliphatic hydroxyl groups is 4. The van der Waals surface area contributed by atoms with Crippen LogP contribution in [-0.2, 0) is 15.9 Å². The quantitative estimate of drug-likeness (QED) is 0.276. The van der Waals surface area contributed by atoms with E-state index in [0.717, 1.165) is 6.07 Å². The summed E-state index contributed by atoms with van der Waals surface area (Å²) in [5, 5.41) is 79.4. The molecule has 0 radical (unpaired) electrons. The Hall–Kier alpha value is -2.80. The monoisotopic (exact) mass is 452 g/mol. The lowest BCUT2D eigenvalue weighted by molar-refractivity contribution is -0.317. The van der Waals surface area contributed by atoms with E-state index in [2.05, 4.69) is 0 Å². The predicted octanol–water partition coefficient (Wildman–Crippen LogP) is -0.630. The number of aliphatic hydroxyl groups excluding tert-OH is 4. The molecule has 0 aromatic heterocycles. The molecule has 174 valence electrons. The molecular formula is C21H24O11. The lowest BCUT2D eigenvalue weighted by atomic mass is 9.93. The molecule has 32 heavy (non-hydrogen) atoms. The van der Waals surface area contributed by atoms with Crippen molar-refractivity contribution in [3.05, 3.63) is 41.5 Å². The topological polar surface area (TPSA) is 190 Å². The van der Waals surface area contributed by atoms with Crippen LogP contribution in [0.2, 0.25) is 0 Å². The number of fused-ring (bicyclic) bond motifs is 1. The van der Waals surface area contributed by atoms with E-state index >= 15 is 0 Å². The first kappa shape index (κ1) is 22.4. The number of hydrogen-bond acceptors (Lipinski definition) is 11. The van der Waals surface area contributed by atoms with Crippen LogP contribution in [0.3, 0.4) is 0 Å². The molecule has 0 aliphatic carbocycles. The third kappa shape index (κ3) is 4.01. The van der Waals surface area contributed by atoms with E-state index in [4.69, 9.17) is 14.2 Å². The van der Waals surface area contributed by atoms with Gasteiger partial charge in [0.15, 0.2) is 23.9 Å². The highest BCUT2D eigenvalue weighted by Crippen LogP contribution is 2.44. The van der Waals surface area contributed by atoms with Crippen molar-refractivity contribution < 1.29 is 55.1 Å². The van der Waals surface area contributed by atoms with Crippen LogP contribution in [0.15, 0.2) is 30.3 Å². The molecule has 8 N–H and O–H groups in total. The van der Waals surface area contributed by atoms with Crippen LogP contribution in [0.25, 0.3) is 0 Å². The summed E-state index contributed by atoms with van der Waals surface area (Å²) < 4.78 is 17.2. The third-order valence-electron chi connectivity index (χ3n) is 5.65. The Kier molecular flexibility index (Phi) is 6.03. The zero-order valence-electron chi connectivity index (χ0n) is 16.6. The highest BCUT2D eigenvalue weighted by molar-refractivity contribution is 5.52. The number of hydrogen-bond donors (Lipinski definition) is 8. The van der Waals surface area contributed by atoms with Gasteiger partial charge in [0.25, 0.3) is 0 Å². The summed E-state index contributed by atoms with van der Waals surface area (Å²) in [7, 11) is 0. The third-order valence-corrected chi connectivity index (χ3v) is 5.65. The molecule has 7 atom stereocenters. The van der Waals surface area contributed by atoms with E-state index in [1.807, 2.05) is 0 Å². The van der Waals surface area contributed by atoms with E-state index in [-0.39, 0.29) is 29.4 Å². The minimum absolute atomic E-state index is 0.0166. The Balaban J connectivity index is 1.68. The molecule has 0 amide bonds. The van der Waals surface area contributed by atoms with E-state index < -0.39 is 55.3 Å². The Bertz CT molecular complexity index is 978. The summed E-state index contributed by atoms with van der Waals surface area (Å²) in [6, 6.07) is 6.38. The highest BCUT2D eigenvalue weighted by atomic mass is 16.7. The van der Waals surface area contributed by atoms with Gasteiger partial charge in [-0.1, -0.05) is 6.07 Å². The van der Waals surface area contributed by atoms with Crippen LogP contribution < -0.4 is 4.74 Å². The molecule has 2 heterocycles. The standard InChI is InChI=1S/C21H24O11/c22-7-16-17(27)18(28)19(29)21(32-16)31-15-6-10-12(25)4-9(23)5-14(10)30-20(15)8-1-2-11(24)13(26)3-8/h1-5,15-29H,6-7H2/t15-,16-,17-,18+,19-,20-,21+/m1/s1. The Labute approximate surface area is 181 Å². The van der Waals surface area contributed by atoms with Gasteiger partial charge < -0.3 is 55.1 Å². The molecule has 0 bridgehead atoms. The lowest BCUT2D eigenvalue weighted by Crippen LogP contribution is -2.60. The zero-order chi connectivity index (χ0) is 23.2. The van der Waals surface area contributed by atoms with Gasteiger partial charge in [-0.25, -0.2) is 0 Å². The summed E-state index contributed by atoms with van der Waals surface area (Å²) in [6.07, 6.45) is -9.41. The molecule has 1 fully saturated rings. The minimum Gasteiger partial charge on any atom is -0.508 e. The van der Waals surface area contributed by atoms with Crippen molar-refractivity contribution in [2.24, 2.45) is 0 Å². The molecule has 11 heteroatoms. The van der Waals surface area contributed by atoms with Crippen molar-refractivity contribution >= 4 is 0 Å². The second-order valence-corrected chi connectivity index (χ2v) is 7.80. The van der Waals surface area contributed by atoms with E-state index in [1.54, 1.807) is 0 Å². The van der Waals surface area contributed by atoms with Gasteiger partial charge in [-0.15, -0.1) is 0 Å². The van der Waals surface area contributed by atoms with Crippen molar-refractivity contribution in [1.29, 1.82) is 0 Å². The van der Waals surface area contributed by atoms with Crippen LogP contribution >= 0.6 is 0 Å². The lowest BCUT2D eigenvalue weighted by Gasteiger charge is -2.43. The number of ether oxygens (including phenoxy) is 3. The second-order valence-electron chi connectivity index (χ2n) is 7.80. The summed E-state index contributed by atoms with van der Waals surface area (Å²) in [4.78, 5) is 0. The maximum absolute atomic E-state index is 10.3. The molecule has 2 aliphatic rings. The average Bonchev–Trinajstić information content (AvgIpc) is 2.76. The number of benzene rings is 2. The largest absolute Gasteiger partial charge is 0.508 e. The van der Waals surface area contributed by atoms with Gasteiger partial charge in [-0.3, -0.25) is 0 Å². The van der Waals surface area contributed by atoms with Crippen molar-refractivity contribution in [1.82, 2.24) is 0 Å². The van der Waals surface area contributed by atoms with Gasteiger partial charge in [-0.05, 0) is 17.7 Å². The number of aromatic hydroxyl groups is 4. The average molecular weight is 452 g/mol. The maximum Gasteiger partial charge on any atom is 0.187 e. The molecule has 0 unspecified atom stereocenters. The van der Waals surface area contributed by atoms with Gasteiger partial charge in [0, 0.05) is 24.1 Å². The number of rotatable bonds is 4. The number of phenols is 4. The summed E-state index contributed by atoms with van der Waals surface area (Å²) in [5.74, 6) is -1.10. The molecule has 0 spiro atoms. The Morgan fingerprint density at radius 2 is 1.62 bits per heavy atom. The van der Waals surface area contributed by atoms with Crippen LogP contribution in [0.4, 0.5) is 0 Å². The number of phenolic OH excluding ortho intramolecular Hbond substituents is 4. The van der Waals surface area contributed by atoms with Crippen molar-refractivity contribution in [2.45, 2.75) is 49.3 Å². The highest BCUT2D eigenvalue weighted by Gasteiger charge is 2.46. The van der Waals surface area contributed by atoms with Gasteiger partial charge in [0.1, 0.15) is 47.8 Å². The molecule has 4 rings (SSSR count). The fraction of sp³-hybridized carbons (Fsp3) is 0.429. The molecular weight excluding hydrogens is 428 g/mol. The van der Waals surface area contributed by atoms with Crippen molar-refractivity contribution in [2.75, 3.05) is 6.61 Å². The predicted molar refractivity (Wildman–Crippen MR) is 105 cm³/mol. The van der Waals surface area contributed by atoms with Crippen molar-refractivity contribution in [3.8, 4) is 28.7 Å². The summed E-state index contributed by atoms with van der Waals surface area (Å²) in [6.45, 7) is -0.635. The van der Waals surface area contributed by atoms with E-state index in [0.29, 0.717) is 11.1 Å². The minimum atomic E-state index is -1.66. The van der Waals surface area contributed by atoms with Crippen LogP contribution in [0, 0.1) is 0 Å². The second kappa shape index (κ2) is 8.62. The Morgan fingerprint density at radius 3 is 2.31 bits per heavy atom. The molecule has 0 saturated carbocycles. The van der Waals surface area contributed by atoms with E-state index in [1.165, 1.54) is 24.3 Å². The normalized spacial score (nSPS) is 32.2. The van der Waals surface area contributed by atoms with Crippen LogP contribution in [-0.4, -0.2) is 84.3 Å². The zero-order valence-corrected chi connectivity index (χ0v) is 16.6. The first-order chi connectivity index (χ1) is 15.2. The molecule has 2 aliphatic heterocycles. The van der Waals surface area contributed by atoms with Gasteiger partial charge >= 0.3 is 0 Å². The SMILES string of the molecule is OC[C@H]1O[C@H](O[C@@H]2Cc3c(O)cc(O)cc3O[C@@H]2c2ccc(O)c(O)c2)[C@H](O)[C@@H](O)[C@@H]1O. The van der Waals surface area contributed by atoms with Crippen LogP contribution in [0.1, 0.15) is 17.2 Å². The van der Waals surface area contributed by atoms with Crippen molar-refractivity contribution in [3.63, 3.8) is 0 Å². The first-order valence-electron chi connectivity index (χ1n) is 9.89. The Morgan fingerprint density at radius 1 is 0.875 bits per heavy atom. The van der Waals surface area contributed by atoms with Gasteiger partial charge in [0.2, 0.25) is 0 Å². The molecule has 2 aromatic carbocycles. The fourth-order valence-electron chi connectivity index (χ4n) is 3.92. The van der Waals surface area contributed by atoms with Gasteiger partial charge in [0.05, 0.1) is 6.61 Å². The first-order valence-corrected chi connectivity index (χ1v) is 9.89.